The fourth-order valence-corrected chi connectivity index (χ4v) is 2.89. The molecule has 2 atom stereocenters. The predicted molar refractivity (Wildman–Crippen MR) is 78.4 cm³/mol. The van der Waals surface area contributed by atoms with Gasteiger partial charge in [0.2, 0.25) is 0 Å². The number of ether oxygens (including phenoxy) is 1. The number of benzene rings is 2. The molecule has 1 nitrogen and oxygen atoms in total. The summed E-state index contributed by atoms with van der Waals surface area (Å²) in [7, 11) is 0. The third-order valence-corrected chi connectivity index (χ3v) is 3.99. The lowest BCUT2D eigenvalue weighted by Gasteiger charge is -2.19. The van der Waals surface area contributed by atoms with Crippen molar-refractivity contribution in [3.05, 3.63) is 71.3 Å². The Morgan fingerprint density at radius 2 is 1.74 bits per heavy atom. The van der Waals surface area contributed by atoms with Crippen molar-refractivity contribution < 1.29 is 4.74 Å². The average molecular weight is 252 g/mol. The summed E-state index contributed by atoms with van der Waals surface area (Å²) in [6.07, 6.45) is 2.48. The molecule has 19 heavy (non-hydrogen) atoms. The summed E-state index contributed by atoms with van der Waals surface area (Å²) >= 11 is 0. The molecule has 0 N–H and O–H groups in total. The minimum Gasteiger partial charge on any atom is -0.377 e. The summed E-state index contributed by atoms with van der Waals surface area (Å²) < 4.78 is 5.95. The Balaban J connectivity index is 1.75. The van der Waals surface area contributed by atoms with Crippen LogP contribution >= 0.6 is 0 Å². The van der Waals surface area contributed by atoms with Gasteiger partial charge in [-0.3, -0.25) is 0 Å². The molecule has 2 aromatic carbocycles. The first kappa shape index (κ1) is 12.4. The maximum absolute atomic E-state index is 5.95. The van der Waals surface area contributed by atoms with E-state index in [9.17, 15) is 0 Å². The second kappa shape index (κ2) is 5.58. The molecule has 1 saturated heterocycles. The first-order valence-corrected chi connectivity index (χ1v) is 7.05. The van der Waals surface area contributed by atoms with Crippen LogP contribution < -0.4 is 0 Å². The third-order valence-electron chi connectivity index (χ3n) is 3.99. The summed E-state index contributed by atoms with van der Waals surface area (Å²) in [5, 5.41) is 0. The standard InChI is InChI=1S/C18H20O/c1-14-7-9-15(10-8-14)13-18-17(11-12-19-18)16-5-3-2-4-6-16/h2-10,17-18H,11-13H2,1H3. The van der Waals surface area contributed by atoms with Gasteiger partial charge in [0, 0.05) is 12.5 Å². The molecular weight excluding hydrogens is 232 g/mol. The monoisotopic (exact) mass is 252 g/mol. The molecular formula is C18H20O. The molecule has 3 rings (SSSR count). The Hall–Kier alpha value is -1.60. The second-order valence-electron chi connectivity index (χ2n) is 5.40. The first-order valence-electron chi connectivity index (χ1n) is 7.05. The van der Waals surface area contributed by atoms with E-state index in [0.29, 0.717) is 12.0 Å². The molecule has 0 saturated carbocycles. The van der Waals surface area contributed by atoms with Gasteiger partial charge in [-0.1, -0.05) is 60.2 Å². The van der Waals surface area contributed by atoms with E-state index < -0.39 is 0 Å². The van der Waals surface area contributed by atoms with Gasteiger partial charge in [-0.25, -0.2) is 0 Å². The van der Waals surface area contributed by atoms with Crippen molar-refractivity contribution in [1.29, 1.82) is 0 Å². The zero-order valence-electron chi connectivity index (χ0n) is 11.4. The van der Waals surface area contributed by atoms with Crippen molar-refractivity contribution in [3.63, 3.8) is 0 Å². The summed E-state index contributed by atoms with van der Waals surface area (Å²) in [5.74, 6) is 0.544. The van der Waals surface area contributed by atoms with Crippen LogP contribution in [0.2, 0.25) is 0 Å². The molecule has 1 heteroatoms. The van der Waals surface area contributed by atoms with Gasteiger partial charge in [-0.2, -0.15) is 0 Å². The zero-order chi connectivity index (χ0) is 13.1. The molecule has 0 aliphatic carbocycles. The topological polar surface area (TPSA) is 9.23 Å². The molecule has 0 spiro atoms. The first-order chi connectivity index (χ1) is 9.33. The molecule has 98 valence electrons. The average Bonchev–Trinajstić information content (AvgIpc) is 2.90. The van der Waals surface area contributed by atoms with E-state index in [1.54, 1.807) is 0 Å². The van der Waals surface area contributed by atoms with E-state index in [0.717, 1.165) is 19.4 Å². The van der Waals surface area contributed by atoms with Gasteiger partial charge in [0.25, 0.3) is 0 Å². The molecule has 0 bridgehead atoms. The maximum atomic E-state index is 5.95. The Kier molecular flexibility index (Phi) is 3.65. The lowest BCUT2D eigenvalue weighted by molar-refractivity contribution is 0.104. The second-order valence-corrected chi connectivity index (χ2v) is 5.40. The van der Waals surface area contributed by atoms with Crippen LogP contribution in [0.25, 0.3) is 0 Å². The Morgan fingerprint density at radius 3 is 2.47 bits per heavy atom. The number of rotatable bonds is 3. The largest absolute Gasteiger partial charge is 0.377 e. The van der Waals surface area contributed by atoms with Gasteiger partial charge in [0.05, 0.1) is 6.10 Å². The van der Waals surface area contributed by atoms with Crippen LogP contribution in [0.15, 0.2) is 54.6 Å². The summed E-state index contributed by atoms with van der Waals surface area (Å²) in [4.78, 5) is 0. The molecule has 1 fully saturated rings. The number of hydrogen-bond donors (Lipinski definition) is 0. The van der Waals surface area contributed by atoms with Crippen LogP contribution in [0.5, 0.6) is 0 Å². The van der Waals surface area contributed by atoms with Crippen LogP contribution in [-0.4, -0.2) is 12.7 Å². The highest BCUT2D eigenvalue weighted by molar-refractivity contribution is 5.25. The summed E-state index contributed by atoms with van der Waals surface area (Å²) in [5.41, 5.74) is 4.10. The van der Waals surface area contributed by atoms with Gasteiger partial charge >= 0.3 is 0 Å². The molecule has 0 amide bonds. The quantitative estimate of drug-likeness (QED) is 0.798. The normalized spacial score (nSPS) is 22.6. The number of hydrogen-bond acceptors (Lipinski definition) is 1. The van der Waals surface area contributed by atoms with E-state index in [-0.39, 0.29) is 0 Å². The van der Waals surface area contributed by atoms with Crippen molar-refractivity contribution in [1.82, 2.24) is 0 Å². The fraction of sp³-hybridized carbons (Fsp3) is 0.333. The van der Waals surface area contributed by atoms with Crippen molar-refractivity contribution in [2.45, 2.75) is 31.8 Å². The number of aryl methyl sites for hydroxylation is 1. The van der Waals surface area contributed by atoms with E-state index >= 15 is 0 Å². The van der Waals surface area contributed by atoms with Crippen LogP contribution in [0, 0.1) is 6.92 Å². The van der Waals surface area contributed by atoms with Gasteiger partial charge in [-0.15, -0.1) is 0 Å². The highest BCUT2D eigenvalue weighted by Crippen LogP contribution is 2.33. The third kappa shape index (κ3) is 2.87. The Morgan fingerprint density at radius 1 is 1.00 bits per heavy atom. The molecule has 2 aromatic rings. The van der Waals surface area contributed by atoms with Gasteiger partial charge in [-0.05, 0) is 30.9 Å². The summed E-state index contributed by atoms with van der Waals surface area (Å²) in [6.45, 7) is 3.01. The SMILES string of the molecule is Cc1ccc(CC2OCCC2c2ccccc2)cc1. The lowest BCUT2D eigenvalue weighted by atomic mass is 9.89. The molecule has 1 aliphatic heterocycles. The van der Waals surface area contributed by atoms with Gasteiger partial charge in [0.1, 0.15) is 0 Å². The van der Waals surface area contributed by atoms with Crippen molar-refractivity contribution in [2.24, 2.45) is 0 Å². The molecule has 0 radical (unpaired) electrons. The molecule has 1 aliphatic rings. The minimum atomic E-state index is 0.324. The van der Waals surface area contributed by atoms with E-state index in [1.165, 1.54) is 16.7 Å². The fourth-order valence-electron chi connectivity index (χ4n) is 2.89. The predicted octanol–water partition coefficient (Wildman–Crippen LogP) is 4.11. The van der Waals surface area contributed by atoms with E-state index in [2.05, 4.69) is 61.5 Å². The highest BCUT2D eigenvalue weighted by Gasteiger charge is 2.29. The van der Waals surface area contributed by atoms with Crippen LogP contribution in [-0.2, 0) is 11.2 Å². The maximum Gasteiger partial charge on any atom is 0.0684 e. The van der Waals surface area contributed by atoms with E-state index in [1.807, 2.05) is 0 Å². The van der Waals surface area contributed by atoms with Crippen LogP contribution in [0.3, 0.4) is 0 Å². The van der Waals surface area contributed by atoms with Gasteiger partial charge in [0.15, 0.2) is 0 Å². The van der Waals surface area contributed by atoms with E-state index in [4.69, 9.17) is 4.74 Å². The summed E-state index contributed by atoms with van der Waals surface area (Å²) in [6, 6.07) is 19.6. The molecule has 1 heterocycles. The van der Waals surface area contributed by atoms with Crippen molar-refractivity contribution in [2.75, 3.05) is 6.61 Å². The van der Waals surface area contributed by atoms with Crippen LogP contribution in [0.4, 0.5) is 0 Å². The Bertz CT molecular complexity index is 515. The lowest BCUT2D eigenvalue weighted by Crippen LogP contribution is -2.17. The molecule has 2 unspecified atom stereocenters. The van der Waals surface area contributed by atoms with Gasteiger partial charge < -0.3 is 4.74 Å². The highest BCUT2D eigenvalue weighted by atomic mass is 16.5. The minimum absolute atomic E-state index is 0.324. The zero-order valence-corrected chi connectivity index (χ0v) is 11.4. The molecule has 0 aromatic heterocycles. The van der Waals surface area contributed by atoms with Crippen LogP contribution in [0.1, 0.15) is 29.0 Å². The van der Waals surface area contributed by atoms with Crippen molar-refractivity contribution in [3.8, 4) is 0 Å². The van der Waals surface area contributed by atoms with Crippen molar-refractivity contribution >= 4 is 0 Å². The smallest absolute Gasteiger partial charge is 0.0684 e. The Labute approximate surface area is 115 Å².